The van der Waals surface area contributed by atoms with Crippen molar-refractivity contribution in [3.8, 4) is 0 Å². The second-order valence-electron chi connectivity index (χ2n) is 24.1. The summed E-state index contributed by atoms with van der Waals surface area (Å²) in [5.41, 5.74) is 9.28. The molecule has 3 unspecified atom stereocenters. The van der Waals surface area contributed by atoms with Crippen molar-refractivity contribution >= 4 is 26.5 Å². The largest absolute Gasteiger partial charge is 0.0859 e. The first-order chi connectivity index (χ1) is 27.5. The average Bonchev–Trinajstić information content (AvgIpc) is 3.82. The maximum atomic E-state index is 2.86. The van der Waals surface area contributed by atoms with E-state index in [1.54, 1.807) is 38.2 Å². The van der Waals surface area contributed by atoms with Crippen LogP contribution in [0.1, 0.15) is 174 Å². The molecule has 59 heavy (non-hydrogen) atoms. The van der Waals surface area contributed by atoms with Crippen LogP contribution in [-0.2, 0) is 5.41 Å². The van der Waals surface area contributed by atoms with Crippen molar-refractivity contribution in [2.24, 2.45) is 45.3 Å². The first-order valence-electron chi connectivity index (χ1n) is 24.9. The summed E-state index contributed by atoms with van der Waals surface area (Å²) in [7, 11) is -3.03. The third-order valence-electron chi connectivity index (χ3n) is 17.2. The molecule has 2 saturated carbocycles. The van der Waals surface area contributed by atoms with Crippen molar-refractivity contribution in [2.75, 3.05) is 0 Å². The molecule has 6 rings (SSSR count). The van der Waals surface area contributed by atoms with Crippen molar-refractivity contribution in [2.45, 2.75) is 204 Å². The van der Waals surface area contributed by atoms with Crippen LogP contribution in [0, 0.1) is 45.3 Å². The summed E-state index contributed by atoms with van der Waals surface area (Å²) in [6.07, 6.45) is 17.4. The van der Waals surface area contributed by atoms with Gasteiger partial charge >= 0.3 is 0 Å². The molecule has 328 valence electrons. The molecular weight excluding hydrogens is 741 g/mol. The van der Waals surface area contributed by atoms with Crippen LogP contribution in [0.3, 0.4) is 0 Å². The van der Waals surface area contributed by atoms with Gasteiger partial charge in [0.05, 0.1) is 16.1 Å². The van der Waals surface area contributed by atoms with Gasteiger partial charge in [-0.1, -0.05) is 244 Å². The Balaban J connectivity index is 0.00000125. The Kier molecular flexibility index (Phi) is 14.7. The summed E-state index contributed by atoms with van der Waals surface area (Å²) in [5.74, 6) is 2.27. The smallest absolute Gasteiger partial charge is 0.0798 e. The molecule has 2 aromatic carbocycles. The highest BCUT2D eigenvalue weighted by molar-refractivity contribution is 6.92. The monoisotopic (exact) mass is 833 g/mol. The van der Waals surface area contributed by atoms with Gasteiger partial charge in [0.15, 0.2) is 0 Å². The number of fused-ring (bicyclic) bond motifs is 3. The van der Waals surface area contributed by atoms with Gasteiger partial charge in [0, 0.05) is 16.7 Å². The Morgan fingerprint density at radius 2 is 0.983 bits per heavy atom. The van der Waals surface area contributed by atoms with E-state index in [0.29, 0.717) is 29.1 Å². The standard InChI is InChI=1S/C52H80Si2.C5H12/c1-14-53(15-2,16-3)43-30-24-39(25-31-43)52(38-22-20-21-23-38,40-26-32-44(33-27-40)54(17-4,18-5)19-6)48-46-36-41(49(7,8)9)28-34-45(46)47-35-29-42(50(10,11)12)37-51(47,48)13;1-5(2,3)4/h24-27,30-36,38,41-42,48H,14-23,28-29,37H2,1-13H3;1-4H3/t41?,42?,48?,51-;/m0./s1. The summed E-state index contributed by atoms with van der Waals surface area (Å²) in [6.45, 7) is 41.4. The van der Waals surface area contributed by atoms with Gasteiger partial charge in [-0.25, -0.2) is 0 Å². The van der Waals surface area contributed by atoms with Crippen molar-refractivity contribution < 1.29 is 0 Å². The molecule has 0 N–H and O–H groups in total. The van der Waals surface area contributed by atoms with Gasteiger partial charge in [0.25, 0.3) is 0 Å². The zero-order chi connectivity index (χ0) is 43.8. The second kappa shape index (κ2) is 18.1. The van der Waals surface area contributed by atoms with Gasteiger partial charge in [-0.05, 0) is 93.9 Å². The minimum Gasteiger partial charge on any atom is -0.0798 e. The summed E-state index contributed by atoms with van der Waals surface area (Å²) < 4.78 is 0. The Hall–Kier alpha value is -1.91. The normalized spacial score (nSPS) is 24.4. The molecule has 0 nitrogen and oxygen atoms in total. The highest BCUT2D eigenvalue weighted by Gasteiger charge is 2.63. The molecule has 0 heterocycles. The lowest BCUT2D eigenvalue weighted by Gasteiger charge is -2.54. The molecule has 0 radical (unpaired) electrons. The van der Waals surface area contributed by atoms with Crippen molar-refractivity contribution in [1.82, 2.24) is 0 Å². The summed E-state index contributed by atoms with van der Waals surface area (Å²) in [6, 6.07) is 29.5. The molecule has 0 spiro atoms. The molecule has 0 aromatic heterocycles. The molecule has 0 bridgehead atoms. The van der Waals surface area contributed by atoms with E-state index in [1.807, 2.05) is 0 Å². The minimum absolute atomic E-state index is 0.0735. The predicted molar refractivity (Wildman–Crippen MR) is 270 cm³/mol. The molecule has 4 aliphatic carbocycles. The fourth-order valence-electron chi connectivity index (χ4n) is 13.0. The van der Waals surface area contributed by atoms with E-state index in [2.05, 4.69) is 184 Å². The lowest BCUT2D eigenvalue weighted by atomic mass is 9.49. The number of rotatable bonds is 12. The SMILES string of the molecule is CC(C)(C)C.CC[Si](CC)(CC)c1ccc(C(c2ccc([Si](CC)(CC)CC)cc2)(C2CCCC2)C2C3=CC(C(C)(C)C)CC=C3C3=CCC(C(C)(C)C)C[C@@]32C)cc1. The van der Waals surface area contributed by atoms with Gasteiger partial charge in [0.2, 0.25) is 0 Å². The topological polar surface area (TPSA) is 0 Å². The third-order valence-corrected chi connectivity index (χ3v) is 28.4. The minimum atomic E-state index is -1.52. The summed E-state index contributed by atoms with van der Waals surface area (Å²) in [5, 5.41) is 3.38. The van der Waals surface area contributed by atoms with Crippen LogP contribution >= 0.6 is 0 Å². The fourth-order valence-corrected chi connectivity index (χ4v) is 20.2. The van der Waals surface area contributed by atoms with E-state index in [-0.39, 0.29) is 21.7 Å². The molecule has 4 aliphatic rings. The molecule has 0 aliphatic heterocycles. The maximum absolute atomic E-state index is 2.86. The van der Waals surface area contributed by atoms with Crippen molar-refractivity contribution in [1.29, 1.82) is 0 Å². The number of hydrogen-bond donors (Lipinski definition) is 0. The number of hydrogen-bond acceptors (Lipinski definition) is 0. The number of allylic oxidation sites excluding steroid dienone is 6. The Labute approximate surface area is 369 Å². The van der Waals surface area contributed by atoms with Crippen LogP contribution in [0.25, 0.3) is 0 Å². The van der Waals surface area contributed by atoms with Crippen molar-refractivity contribution in [3.05, 3.63) is 94.6 Å². The first kappa shape index (κ1) is 48.1. The van der Waals surface area contributed by atoms with Gasteiger partial charge in [-0.3, -0.25) is 0 Å². The summed E-state index contributed by atoms with van der Waals surface area (Å²) >= 11 is 0. The van der Waals surface area contributed by atoms with E-state index >= 15 is 0 Å². The van der Waals surface area contributed by atoms with E-state index in [9.17, 15) is 0 Å². The van der Waals surface area contributed by atoms with Crippen LogP contribution in [0.4, 0.5) is 0 Å². The Bertz CT molecular complexity index is 1700. The molecule has 4 atom stereocenters. The van der Waals surface area contributed by atoms with Crippen LogP contribution < -0.4 is 10.4 Å². The van der Waals surface area contributed by atoms with Gasteiger partial charge in [-0.15, -0.1) is 0 Å². The Morgan fingerprint density at radius 1 is 0.559 bits per heavy atom. The quantitative estimate of drug-likeness (QED) is 0.187. The molecule has 0 amide bonds. The van der Waals surface area contributed by atoms with Crippen LogP contribution in [0.5, 0.6) is 0 Å². The van der Waals surface area contributed by atoms with E-state index in [4.69, 9.17) is 0 Å². The fraction of sp³-hybridized carbons (Fsp3) is 0.684. The molecular formula is C57H92Si2. The molecule has 2 aromatic rings. The first-order valence-corrected chi connectivity index (χ1v) is 30.1. The molecule has 2 fully saturated rings. The molecule has 2 heteroatoms. The highest BCUT2D eigenvalue weighted by atomic mass is 28.3. The highest BCUT2D eigenvalue weighted by Crippen LogP contribution is 2.70. The zero-order valence-electron chi connectivity index (χ0n) is 41.9. The predicted octanol–water partition coefficient (Wildman–Crippen LogP) is 16.6. The van der Waals surface area contributed by atoms with Crippen molar-refractivity contribution in [3.63, 3.8) is 0 Å². The summed E-state index contributed by atoms with van der Waals surface area (Å²) in [4.78, 5) is 0. The average molecular weight is 834 g/mol. The second-order valence-corrected chi connectivity index (χ2v) is 34.6. The van der Waals surface area contributed by atoms with Gasteiger partial charge < -0.3 is 0 Å². The third kappa shape index (κ3) is 9.13. The molecule has 0 saturated heterocycles. The lowest BCUT2D eigenvalue weighted by Crippen LogP contribution is -2.51. The van der Waals surface area contributed by atoms with E-state index < -0.39 is 16.1 Å². The maximum Gasteiger partial charge on any atom is 0.0859 e. The zero-order valence-corrected chi connectivity index (χ0v) is 43.9. The van der Waals surface area contributed by atoms with Crippen LogP contribution in [-0.4, -0.2) is 16.1 Å². The van der Waals surface area contributed by atoms with Crippen LogP contribution in [0.2, 0.25) is 36.3 Å². The van der Waals surface area contributed by atoms with Gasteiger partial charge in [-0.2, -0.15) is 0 Å². The lowest BCUT2D eigenvalue weighted by molar-refractivity contribution is 0.0831. The van der Waals surface area contributed by atoms with E-state index in [1.165, 1.54) is 81.2 Å². The number of benzene rings is 2. The Morgan fingerprint density at radius 3 is 1.36 bits per heavy atom. The van der Waals surface area contributed by atoms with Gasteiger partial charge in [0.1, 0.15) is 0 Å². The van der Waals surface area contributed by atoms with Crippen LogP contribution in [0.15, 0.2) is 83.5 Å². The van der Waals surface area contributed by atoms with E-state index in [0.717, 1.165) is 0 Å².